The second kappa shape index (κ2) is 5.37. The van der Waals surface area contributed by atoms with E-state index >= 15 is 0 Å². The molecule has 0 aromatic heterocycles. The molecule has 0 radical (unpaired) electrons. The van der Waals surface area contributed by atoms with Crippen molar-refractivity contribution in [2.24, 2.45) is 16.7 Å². The first-order valence-corrected chi connectivity index (χ1v) is 9.55. The Morgan fingerprint density at radius 2 is 1.91 bits per heavy atom. The van der Waals surface area contributed by atoms with Crippen molar-refractivity contribution in [2.75, 3.05) is 32.9 Å². The summed E-state index contributed by atoms with van der Waals surface area (Å²) in [4.78, 5) is 2.40. The first-order valence-electron chi connectivity index (χ1n) is 9.10. The van der Waals surface area contributed by atoms with Crippen LogP contribution in [0.15, 0.2) is 0 Å². The van der Waals surface area contributed by atoms with Crippen molar-refractivity contribution in [1.82, 2.24) is 4.90 Å². The highest BCUT2D eigenvalue weighted by Gasteiger charge is 2.54. The lowest BCUT2D eigenvalue weighted by Gasteiger charge is -2.60. The van der Waals surface area contributed by atoms with Gasteiger partial charge in [-0.15, -0.1) is 0 Å². The van der Waals surface area contributed by atoms with Gasteiger partial charge in [-0.2, -0.15) is 12.6 Å². The third-order valence-corrected chi connectivity index (χ3v) is 7.37. The summed E-state index contributed by atoms with van der Waals surface area (Å²) in [5.41, 5.74) is 0.939. The molecule has 3 saturated heterocycles. The van der Waals surface area contributed by atoms with E-state index in [1.807, 2.05) is 0 Å². The summed E-state index contributed by atoms with van der Waals surface area (Å²) in [6.45, 7) is 9.75. The SMILES string of the molecule is CC1CC2(CCC(C(C)(S)N3CC4(CCCOC4)C3)OC2)C1. The molecule has 3 aliphatic heterocycles. The fraction of sp³-hybridized carbons (Fsp3) is 1.00. The molecule has 4 rings (SSSR count). The fourth-order valence-electron chi connectivity index (χ4n) is 5.49. The Balaban J connectivity index is 1.32. The summed E-state index contributed by atoms with van der Waals surface area (Å²) < 4.78 is 12.0. The van der Waals surface area contributed by atoms with Gasteiger partial charge in [0.1, 0.15) is 0 Å². The zero-order valence-electron chi connectivity index (χ0n) is 14.1. The molecule has 0 amide bonds. The van der Waals surface area contributed by atoms with Gasteiger partial charge in [0.2, 0.25) is 0 Å². The highest BCUT2D eigenvalue weighted by Crippen LogP contribution is 2.53. The van der Waals surface area contributed by atoms with Crippen molar-refractivity contribution in [1.29, 1.82) is 0 Å². The number of hydrogen-bond acceptors (Lipinski definition) is 4. The molecule has 3 heterocycles. The van der Waals surface area contributed by atoms with Gasteiger partial charge < -0.3 is 9.47 Å². The molecule has 0 N–H and O–H groups in total. The molecular weight excluding hydrogens is 294 g/mol. The van der Waals surface area contributed by atoms with Crippen LogP contribution in [0.5, 0.6) is 0 Å². The minimum absolute atomic E-state index is 0.125. The lowest BCUT2D eigenvalue weighted by molar-refractivity contribution is -0.175. The first-order chi connectivity index (χ1) is 10.4. The largest absolute Gasteiger partial charge is 0.381 e. The molecule has 126 valence electrons. The highest BCUT2D eigenvalue weighted by atomic mass is 32.1. The zero-order chi connectivity index (χ0) is 15.4. The van der Waals surface area contributed by atoms with Crippen LogP contribution in [0, 0.1) is 16.7 Å². The smallest absolute Gasteiger partial charge is 0.0878 e. The van der Waals surface area contributed by atoms with Crippen molar-refractivity contribution < 1.29 is 9.47 Å². The van der Waals surface area contributed by atoms with Crippen molar-refractivity contribution in [3.8, 4) is 0 Å². The summed E-state index contributed by atoms with van der Waals surface area (Å²) >= 11 is 5.04. The molecule has 0 aromatic carbocycles. The molecule has 4 heteroatoms. The van der Waals surface area contributed by atoms with Gasteiger partial charge >= 0.3 is 0 Å². The van der Waals surface area contributed by atoms with Crippen molar-refractivity contribution in [2.45, 2.75) is 63.3 Å². The lowest BCUT2D eigenvalue weighted by atomic mass is 9.59. The van der Waals surface area contributed by atoms with Crippen LogP contribution >= 0.6 is 12.6 Å². The Hall–Kier alpha value is 0.230. The minimum Gasteiger partial charge on any atom is -0.381 e. The number of nitrogens with zero attached hydrogens (tertiary/aromatic N) is 1. The van der Waals surface area contributed by atoms with E-state index in [1.165, 1.54) is 38.5 Å². The molecule has 4 aliphatic rings. The van der Waals surface area contributed by atoms with E-state index in [1.54, 1.807) is 0 Å². The Morgan fingerprint density at radius 1 is 1.14 bits per heavy atom. The quantitative estimate of drug-likeness (QED) is 0.787. The third-order valence-electron chi connectivity index (χ3n) is 6.80. The standard InChI is InChI=1S/C18H31NO2S/c1-14-8-17(9-14)6-4-15(21-13-17)16(2,22)19-10-18(11-19)5-3-7-20-12-18/h14-15,22H,3-13H2,1-2H3. The predicted octanol–water partition coefficient (Wildman–Crippen LogP) is 3.34. The molecule has 1 saturated carbocycles. The second-order valence-corrected chi connectivity index (χ2v) is 9.86. The predicted molar refractivity (Wildman–Crippen MR) is 91.3 cm³/mol. The van der Waals surface area contributed by atoms with Gasteiger partial charge in [0.15, 0.2) is 0 Å². The maximum Gasteiger partial charge on any atom is 0.0878 e. The third kappa shape index (κ3) is 2.54. The van der Waals surface area contributed by atoms with Crippen LogP contribution in [0.25, 0.3) is 0 Å². The Kier molecular flexibility index (Phi) is 3.84. The van der Waals surface area contributed by atoms with E-state index in [-0.39, 0.29) is 11.0 Å². The number of rotatable bonds is 2. The van der Waals surface area contributed by atoms with Crippen LogP contribution in [-0.2, 0) is 9.47 Å². The van der Waals surface area contributed by atoms with Crippen LogP contribution in [0.3, 0.4) is 0 Å². The van der Waals surface area contributed by atoms with E-state index in [4.69, 9.17) is 22.1 Å². The van der Waals surface area contributed by atoms with Crippen LogP contribution < -0.4 is 0 Å². The fourth-order valence-corrected chi connectivity index (χ4v) is 5.83. The zero-order valence-corrected chi connectivity index (χ0v) is 15.0. The average molecular weight is 326 g/mol. The van der Waals surface area contributed by atoms with Crippen molar-refractivity contribution in [3.63, 3.8) is 0 Å². The molecule has 2 unspecified atom stereocenters. The Bertz CT molecular complexity index is 409. The normalized spacial score (nSPS) is 44.3. The number of ether oxygens (including phenoxy) is 2. The maximum atomic E-state index is 6.33. The molecule has 0 bridgehead atoms. The van der Waals surface area contributed by atoms with Gasteiger partial charge in [-0.05, 0) is 56.8 Å². The molecule has 3 nitrogen and oxygen atoms in total. The van der Waals surface area contributed by atoms with E-state index in [9.17, 15) is 0 Å². The van der Waals surface area contributed by atoms with Crippen LogP contribution in [-0.4, -0.2) is 48.8 Å². The van der Waals surface area contributed by atoms with Gasteiger partial charge in [0, 0.05) is 25.1 Å². The molecule has 2 spiro atoms. The summed E-state index contributed by atoms with van der Waals surface area (Å²) in [6.07, 6.45) is 8.06. The summed E-state index contributed by atoms with van der Waals surface area (Å²) in [5.74, 6) is 0.907. The van der Waals surface area contributed by atoms with Crippen molar-refractivity contribution >= 4 is 12.6 Å². The molecule has 4 fully saturated rings. The molecule has 2 atom stereocenters. The van der Waals surface area contributed by atoms with Crippen molar-refractivity contribution in [3.05, 3.63) is 0 Å². The highest BCUT2D eigenvalue weighted by molar-refractivity contribution is 7.81. The number of likely N-dealkylation sites (tertiary alicyclic amines) is 1. The topological polar surface area (TPSA) is 21.7 Å². The van der Waals surface area contributed by atoms with Gasteiger partial charge in [-0.3, -0.25) is 4.90 Å². The van der Waals surface area contributed by atoms with Gasteiger partial charge in [-0.1, -0.05) is 6.92 Å². The van der Waals surface area contributed by atoms with Gasteiger partial charge in [0.05, 0.1) is 24.2 Å². The van der Waals surface area contributed by atoms with Gasteiger partial charge in [-0.25, -0.2) is 0 Å². The number of thiol groups is 1. The molecule has 1 aliphatic carbocycles. The summed E-state index contributed by atoms with van der Waals surface area (Å²) in [6, 6.07) is 0. The van der Waals surface area contributed by atoms with E-state index in [0.29, 0.717) is 10.8 Å². The summed E-state index contributed by atoms with van der Waals surface area (Å²) in [7, 11) is 0. The van der Waals surface area contributed by atoms with Crippen LogP contribution in [0.4, 0.5) is 0 Å². The Morgan fingerprint density at radius 3 is 2.45 bits per heavy atom. The second-order valence-electron chi connectivity index (χ2n) is 8.96. The number of hydrogen-bond donors (Lipinski definition) is 1. The van der Waals surface area contributed by atoms with Crippen LogP contribution in [0.2, 0.25) is 0 Å². The average Bonchev–Trinajstić information content (AvgIpc) is 2.45. The molecule has 22 heavy (non-hydrogen) atoms. The van der Waals surface area contributed by atoms with Crippen LogP contribution in [0.1, 0.15) is 52.4 Å². The molecule has 0 aromatic rings. The first kappa shape index (κ1) is 15.7. The van der Waals surface area contributed by atoms with E-state index in [0.717, 1.165) is 38.8 Å². The summed E-state index contributed by atoms with van der Waals surface area (Å²) in [5, 5.41) is 0. The lowest BCUT2D eigenvalue weighted by Crippen LogP contribution is -2.68. The monoisotopic (exact) mass is 325 g/mol. The van der Waals surface area contributed by atoms with Gasteiger partial charge in [0.25, 0.3) is 0 Å². The maximum absolute atomic E-state index is 6.33. The molecular formula is C18H31NO2S. The van der Waals surface area contributed by atoms with E-state index < -0.39 is 0 Å². The Labute approximate surface area is 140 Å². The van der Waals surface area contributed by atoms with E-state index in [2.05, 4.69) is 18.7 Å². The minimum atomic E-state index is -0.125.